The van der Waals surface area contributed by atoms with E-state index in [0.717, 1.165) is 18.6 Å². The average molecular weight is 323 g/mol. The van der Waals surface area contributed by atoms with E-state index in [0.29, 0.717) is 11.2 Å². The number of fused-ring (bicyclic) bond motifs is 1. The van der Waals surface area contributed by atoms with E-state index in [1.165, 1.54) is 22.2 Å². The maximum atomic E-state index is 12.3. The topological polar surface area (TPSA) is 67.6 Å². The minimum atomic E-state index is -0.602. The van der Waals surface area contributed by atoms with E-state index in [1.807, 2.05) is 25.3 Å². The van der Waals surface area contributed by atoms with Crippen LogP contribution in [0.15, 0.2) is 22.6 Å². The molecule has 0 amide bonds. The number of thiophene rings is 1. The first-order valence-electron chi connectivity index (χ1n) is 7.51. The smallest absolute Gasteiger partial charge is 0.271 e. The second-order valence-corrected chi connectivity index (χ2v) is 6.88. The third kappa shape index (κ3) is 3.38. The van der Waals surface area contributed by atoms with Gasteiger partial charge in [-0.1, -0.05) is 0 Å². The van der Waals surface area contributed by atoms with Crippen molar-refractivity contribution in [3.8, 4) is 0 Å². The molecule has 3 heterocycles. The Kier molecular flexibility index (Phi) is 4.58. The van der Waals surface area contributed by atoms with Gasteiger partial charge in [0.2, 0.25) is 0 Å². The van der Waals surface area contributed by atoms with E-state index in [-0.39, 0.29) is 24.3 Å². The van der Waals surface area contributed by atoms with Crippen LogP contribution in [0.5, 0.6) is 0 Å². The fraction of sp³-hybridized carbons (Fsp3) is 0.600. The third-order valence-corrected chi connectivity index (χ3v) is 4.70. The molecule has 0 saturated carbocycles. The quantitative estimate of drug-likeness (QED) is 0.906. The van der Waals surface area contributed by atoms with Crippen molar-refractivity contribution in [2.75, 3.05) is 19.6 Å². The first-order chi connectivity index (χ1) is 10.5. The van der Waals surface area contributed by atoms with Gasteiger partial charge in [0, 0.05) is 19.6 Å². The highest BCUT2D eigenvalue weighted by molar-refractivity contribution is 7.17. The fourth-order valence-electron chi connectivity index (χ4n) is 3.03. The summed E-state index contributed by atoms with van der Waals surface area (Å²) in [6, 6.07) is 1.83. The van der Waals surface area contributed by atoms with Gasteiger partial charge in [-0.2, -0.15) is 0 Å². The van der Waals surface area contributed by atoms with Crippen LogP contribution in [0, 0.1) is 0 Å². The Hall–Kier alpha value is -1.28. The molecule has 1 aliphatic heterocycles. The molecule has 0 aromatic carbocycles. The molecule has 0 radical (unpaired) electrons. The summed E-state index contributed by atoms with van der Waals surface area (Å²) in [5, 5.41) is 12.2. The monoisotopic (exact) mass is 323 g/mol. The minimum absolute atomic E-state index is 0.0808. The number of β-amino-alcohol motifs (C(OH)–C–C–N with tert-alkyl or cyclic N) is 1. The van der Waals surface area contributed by atoms with Gasteiger partial charge in [0.25, 0.3) is 5.56 Å². The van der Waals surface area contributed by atoms with E-state index < -0.39 is 6.10 Å². The predicted octanol–water partition coefficient (Wildman–Crippen LogP) is 0.928. The summed E-state index contributed by atoms with van der Waals surface area (Å²) >= 11 is 1.39. The SMILES string of the molecule is C[C@@H]1CN(C[C@@H](O)Cn2cnc3ccsc3c2=O)C[C@H](C)O1. The van der Waals surface area contributed by atoms with Gasteiger partial charge in [-0.15, -0.1) is 11.3 Å². The second kappa shape index (κ2) is 6.45. The fourth-order valence-corrected chi connectivity index (χ4v) is 3.82. The number of rotatable bonds is 4. The standard InChI is InChI=1S/C15H21N3O3S/c1-10-5-17(6-11(2)21-10)7-12(19)8-18-9-16-13-3-4-22-14(13)15(18)20/h3-4,9-12,19H,5-8H2,1-2H3/t10-,11+,12-/m1/s1. The molecule has 3 rings (SSSR count). The lowest BCUT2D eigenvalue weighted by Gasteiger charge is -2.36. The molecular formula is C15H21N3O3S. The molecule has 6 nitrogen and oxygen atoms in total. The van der Waals surface area contributed by atoms with Crippen LogP contribution in [0.2, 0.25) is 0 Å². The molecule has 2 aromatic rings. The van der Waals surface area contributed by atoms with E-state index in [4.69, 9.17) is 4.74 Å². The summed E-state index contributed by atoms with van der Waals surface area (Å²) in [5.41, 5.74) is 0.638. The van der Waals surface area contributed by atoms with Crippen molar-refractivity contribution in [3.63, 3.8) is 0 Å². The van der Waals surface area contributed by atoms with E-state index >= 15 is 0 Å². The number of nitrogens with zero attached hydrogens (tertiary/aromatic N) is 3. The van der Waals surface area contributed by atoms with Crippen molar-refractivity contribution in [2.24, 2.45) is 0 Å². The average Bonchev–Trinajstić information content (AvgIpc) is 2.90. The zero-order valence-electron chi connectivity index (χ0n) is 12.8. The maximum absolute atomic E-state index is 12.3. The summed E-state index contributed by atoms with van der Waals surface area (Å²) in [4.78, 5) is 18.8. The summed E-state index contributed by atoms with van der Waals surface area (Å²) in [5.74, 6) is 0. The molecule has 1 saturated heterocycles. The molecular weight excluding hydrogens is 302 g/mol. The van der Waals surface area contributed by atoms with Gasteiger partial charge in [-0.25, -0.2) is 4.98 Å². The van der Waals surface area contributed by atoms with Crippen LogP contribution in [0.25, 0.3) is 10.2 Å². The van der Waals surface area contributed by atoms with Crippen molar-refractivity contribution >= 4 is 21.6 Å². The lowest BCUT2D eigenvalue weighted by molar-refractivity contribution is -0.0773. The number of hydrogen-bond acceptors (Lipinski definition) is 6. The van der Waals surface area contributed by atoms with Crippen LogP contribution in [-0.4, -0.2) is 57.5 Å². The molecule has 2 aromatic heterocycles. The van der Waals surface area contributed by atoms with Crippen LogP contribution in [0.3, 0.4) is 0 Å². The van der Waals surface area contributed by atoms with Crippen molar-refractivity contribution < 1.29 is 9.84 Å². The maximum Gasteiger partial charge on any atom is 0.271 e. The molecule has 0 bridgehead atoms. The van der Waals surface area contributed by atoms with Gasteiger partial charge in [0.05, 0.1) is 36.7 Å². The lowest BCUT2D eigenvalue weighted by Crippen LogP contribution is -2.48. The predicted molar refractivity (Wildman–Crippen MR) is 86.3 cm³/mol. The summed E-state index contributed by atoms with van der Waals surface area (Å²) < 4.78 is 7.83. The Bertz CT molecular complexity index is 689. The number of aromatic nitrogens is 2. The third-order valence-electron chi connectivity index (χ3n) is 3.81. The van der Waals surface area contributed by atoms with Crippen molar-refractivity contribution in [1.29, 1.82) is 0 Å². The number of aliphatic hydroxyl groups is 1. The van der Waals surface area contributed by atoms with Crippen molar-refractivity contribution in [1.82, 2.24) is 14.5 Å². The zero-order chi connectivity index (χ0) is 15.7. The van der Waals surface area contributed by atoms with Gasteiger partial charge in [-0.3, -0.25) is 14.3 Å². The molecule has 22 heavy (non-hydrogen) atoms. The molecule has 1 aliphatic rings. The highest BCUT2D eigenvalue weighted by Crippen LogP contribution is 2.14. The molecule has 7 heteroatoms. The van der Waals surface area contributed by atoms with Crippen LogP contribution >= 0.6 is 11.3 Å². The Balaban J connectivity index is 1.66. The van der Waals surface area contributed by atoms with Crippen LogP contribution in [0.4, 0.5) is 0 Å². The number of morpholine rings is 1. The number of ether oxygens (including phenoxy) is 1. The summed E-state index contributed by atoms with van der Waals surface area (Å²) in [6.45, 7) is 6.48. The highest BCUT2D eigenvalue weighted by Gasteiger charge is 2.24. The van der Waals surface area contributed by atoms with Crippen molar-refractivity contribution in [3.05, 3.63) is 28.1 Å². The second-order valence-electron chi connectivity index (χ2n) is 5.97. The number of aliphatic hydroxyl groups excluding tert-OH is 1. The molecule has 0 unspecified atom stereocenters. The molecule has 1 N–H and O–H groups in total. The normalized spacial score (nSPS) is 24.7. The molecule has 3 atom stereocenters. The summed E-state index contributed by atoms with van der Waals surface area (Å²) in [6.07, 6.45) is 1.26. The van der Waals surface area contributed by atoms with Crippen molar-refractivity contribution in [2.45, 2.75) is 38.7 Å². The van der Waals surface area contributed by atoms with Gasteiger partial charge in [-0.05, 0) is 25.3 Å². The zero-order valence-corrected chi connectivity index (χ0v) is 13.6. The van der Waals surface area contributed by atoms with Gasteiger partial charge in [0.1, 0.15) is 4.70 Å². The van der Waals surface area contributed by atoms with Crippen LogP contribution in [-0.2, 0) is 11.3 Å². The summed E-state index contributed by atoms with van der Waals surface area (Å²) in [7, 11) is 0. The van der Waals surface area contributed by atoms with E-state index in [9.17, 15) is 9.90 Å². The molecule has 0 spiro atoms. The molecule has 1 fully saturated rings. The minimum Gasteiger partial charge on any atom is -0.390 e. The Morgan fingerprint density at radius 3 is 2.86 bits per heavy atom. The number of hydrogen-bond donors (Lipinski definition) is 1. The Labute approximate surface area is 133 Å². The largest absolute Gasteiger partial charge is 0.390 e. The Morgan fingerprint density at radius 2 is 2.14 bits per heavy atom. The van der Waals surface area contributed by atoms with Gasteiger partial charge >= 0.3 is 0 Å². The molecule has 0 aliphatic carbocycles. The van der Waals surface area contributed by atoms with Crippen LogP contribution in [0.1, 0.15) is 13.8 Å². The highest BCUT2D eigenvalue weighted by atomic mass is 32.1. The van der Waals surface area contributed by atoms with E-state index in [2.05, 4.69) is 9.88 Å². The molecule has 120 valence electrons. The first-order valence-corrected chi connectivity index (χ1v) is 8.39. The van der Waals surface area contributed by atoms with E-state index in [1.54, 1.807) is 0 Å². The van der Waals surface area contributed by atoms with Gasteiger partial charge in [0.15, 0.2) is 0 Å². The first kappa shape index (κ1) is 15.6. The van der Waals surface area contributed by atoms with Gasteiger partial charge < -0.3 is 9.84 Å². The lowest BCUT2D eigenvalue weighted by atomic mass is 10.2. The van der Waals surface area contributed by atoms with Crippen LogP contribution < -0.4 is 5.56 Å². The Morgan fingerprint density at radius 1 is 1.41 bits per heavy atom.